The van der Waals surface area contributed by atoms with Crippen LogP contribution in [-0.4, -0.2) is 24.1 Å². The van der Waals surface area contributed by atoms with Gasteiger partial charge in [-0.1, -0.05) is 0 Å². The smallest absolute Gasteiger partial charge is 0.224 e. The highest BCUT2D eigenvalue weighted by Gasteiger charge is 2.01. The molecule has 0 amide bonds. The van der Waals surface area contributed by atoms with Gasteiger partial charge in [0, 0.05) is 37.2 Å². The normalized spacial score (nSPS) is 10.2. The third kappa shape index (κ3) is 3.11. The molecule has 2 aromatic rings. The molecule has 1 heterocycles. The average molecular weight is 263 g/mol. The molecule has 0 aliphatic carbocycles. The first-order valence-electron chi connectivity index (χ1n) is 5.60. The number of aryl methyl sites for hydroxylation is 1. The molecule has 4 nitrogen and oxygen atoms in total. The molecule has 0 aliphatic rings. The summed E-state index contributed by atoms with van der Waals surface area (Å²) in [6, 6.07) is 9.93. The Morgan fingerprint density at radius 1 is 1.11 bits per heavy atom. The number of rotatable bonds is 3. The maximum Gasteiger partial charge on any atom is 0.224 e. The topological polar surface area (TPSA) is 41.0 Å². The highest BCUT2D eigenvalue weighted by atomic mass is 35.5. The number of halogens is 1. The zero-order valence-corrected chi connectivity index (χ0v) is 11.4. The molecule has 18 heavy (non-hydrogen) atoms. The van der Waals surface area contributed by atoms with Crippen LogP contribution in [0.5, 0.6) is 0 Å². The van der Waals surface area contributed by atoms with Crippen LogP contribution in [0.25, 0.3) is 0 Å². The molecule has 5 heteroatoms. The van der Waals surface area contributed by atoms with Crippen molar-refractivity contribution in [3.63, 3.8) is 0 Å². The number of nitrogens with zero attached hydrogens (tertiary/aromatic N) is 3. The van der Waals surface area contributed by atoms with Gasteiger partial charge in [-0.2, -0.15) is 0 Å². The van der Waals surface area contributed by atoms with E-state index in [4.69, 9.17) is 11.6 Å². The fraction of sp³-hybridized carbons (Fsp3) is 0.231. The average Bonchev–Trinajstić information content (AvgIpc) is 2.28. The molecular weight excluding hydrogens is 248 g/mol. The quantitative estimate of drug-likeness (QED) is 0.862. The van der Waals surface area contributed by atoms with Crippen LogP contribution in [0.3, 0.4) is 0 Å². The van der Waals surface area contributed by atoms with Crippen LogP contribution < -0.4 is 10.2 Å². The van der Waals surface area contributed by atoms with E-state index in [-0.39, 0.29) is 5.28 Å². The molecule has 0 bridgehead atoms. The van der Waals surface area contributed by atoms with Gasteiger partial charge in [-0.25, -0.2) is 9.97 Å². The van der Waals surface area contributed by atoms with Gasteiger partial charge < -0.3 is 10.2 Å². The number of hydrogen-bond donors (Lipinski definition) is 1. The second-order valence-electron chi connectivity index (χ2n) is 4.23. The highest BCUT2D eigenvalue weighted by Crippen LogP contribution is 2.20. The Hall–Kier alpha value is -1.81. The lowest BCUT2D eigenvalue weighted by Gasteiger charge is -2.13. The minimum absolute atomic E-state index is 0.252. The molecule has 1 aromatic heterocycles. The molecule has 0 radical (unpaired) electrons. The highest BCUT2D eigenvalue weighted by molar-refractivity contribution is 6.28. The molecule has 0 spiro atoms. The van der Waals surface area contributed by atoms with Crippen LogP contribution in [0.2, 0.25) is 5.28 Å². The molecule has 0 aliphatic heterocycles. The third-order valence-electron chi connectivity index (χ3n) is 2.48. The van der Waals surface area contributed by atoms with E-state index in [0.29, 0.717) is 5.82 Å². The van der Waals surface area contributed by atoms with Crippen molar-refractivity contribution < 1.29 is 0 Å². The number of nitrogens with one attached hydrogen (secondary N) is 1. The summed E-state index contributed by atoms with van der Waals surface area (Å²) in [4.78, 5) is 10.2. The van der Waals surface area contributed by atoms with Gasteiger partial charge in [0.25, 0.3) is 0 Å². The largest absolute Gasteiger partial charge is 0.378 e. The fourth-order valence-corrected chi connectivity index (χ4v) is 1.81. The monoisotopic (exact) mass is 262 g/mol. The van der Waals surface area contributed by atoms with Gasteiger partial charge in [-0.3, -0.25) is 0 Å². The first-order valence-corrected chi connectivity index (χ1v) is 5.98. The van der Waals surface area contributed by atoms with Crippen LogP contribution >= 0.6 is 11.6 Å². The predicted octanol–water partition coefficient (Wildman–Crippen LogP) is 3.25. The maximum absolute atomic E-state index is 5.81. The number of hydrogen-bond acceptors (Lipinski definition) is 4. The van der Waals surface area contributed by atoms with Crippen LogP contribution in [0.1, 0.15) is 5.69 Å². The summed E-state index contributed by atoms with van der Waals surface area (Å²) in [5.74, 6) is 0.699. The standard InChI is InChI=1S/C13H15ClN4/c1-9-8-12(17-13(14)15-9)16-10-4-6-11(7-5-10)18(2)3/h4-8H,1-3H3,(H,15,16,17). The summed E-state index contributed by atoms with van der Waals surface area (Å²) >= 11 is 5.81. The van der Waals surface area contributed by atoms with E-state index in [9.17, 15) is 0 Å². The van der Waals surface area contributed by atoms with Crippen molar-refractivity contribution in [3.8, 4) is 0 Å². The van der Waals surface area contributed by atoms with E-state index < -0.39 is 0 Å². The lowest BCUT2D eigenvalue weighted by atomic mass is 10.2. The van der Waals surface area contributed by atoms with Gasteiger partial charge >= 0.3 is 0 Å². The zero-order chi connectivity index (χ0) is 13.1. The van der Waals surface area contributed by atoms with Crippen molar-refractivity contribution >= 4 is 28.8 Å². The Bertz CT molecular complexity index is 517. The Morgan fingerprint density at radius 2 is 1.78 bits per heavy atom. The minimum Gasteiger partial charge on any atom is -0.378 e. The van der Waals surface area contributed by atoms with Crippen molar-refractivity contribution in [2.24, 2.45) is 0 Å². The van der Waals surface area contributed by atoms with Crippen molar-refractivity contribution in [2.45, 2.75) is 6.92 Å². The van der Waals surface area contributed by atoms with E-state index in [1.54, 1.807) is 0 Å². The molecule has 0 saturated heterocycles. The van der Waals surface area contributed by atoms with E-state index >= 15 is 0 Å². The lowest BCUT2D eigenvalue weighted by molar-refractivity contribution is 1.10. The summed E-state index contributed by atoms with van der Waals surface area (Å²) in [5, 5.41) is 3.45. The fourth-order valence-electron chi connectivity index (χ4n) is 1.59. The first-order chi connectivity index (χ1) is 8.54. The molecule has 1 aromatic carbocycles. The molecule has 2 rings (SSSR count). The second kappa shape index (κ2) is 5.23. The molecule has 0 fully saturated rings. The molecule has 0 unspecified atom stereocenters. The van der Waals surface area contributed by atoms with Gasteiger partial charge in [-0.15, -0.1) is 0 Å². The number of anilines is 3. The van der Waals surface area contributed by atoms with E-state index in [0.717, 1.165) is 17.1 Å². The van der Waals surface area contributed by atoms with E-state index in [1.807, 2.05) is 51.4 Å². The number of aromatic nitrogens is 2. The molecular formula is C13H15ClN4. The molecule has 94 valence electrons. The Labute approximate surface area is 112 Å². The van der Waals surface area contributed by atoms with Gasteiger partial charge in [0.2, 0.25) is 5.28 Å². The second-order valence-corrected chi connectivity index (χ2v) is 4.57. The van der Waals surface area contributed by atoms with E-state index in [1.165, 1.54) is 0 Å². The molecule has 0 atom stereocenters. The Morgan fingerprint density at radius 3 is 2.33 bits per heavy atom. The van der Waals surface area contributed by atoms with Crippen LogP contribution in [0.4, 0.5) is 17.2 Å². The van der Waals surface area contributed by atoms with Crippen molar-refractivity contribution in [2.75, 3.05) is 24.3 Å². The summed E-state index contributed by atoms with van der Waals surface area (Å²) in [5.41, 5.74) is 2.95. The van der Waals surface area contributed by atoms with E-state index in [2.05, 4.69) is 20.2 Å². The lowest BCUT2D eigenvalue weighted by Crippen LogP contribution is -2.08. The van der Waals surface area contributed by atoms with Crippen LogP contribution in [0, 0.1) is 6.92 Å². The summed E-state index contributed by atoms with van der Waals surface area (Å²) in [6.07, 6.45) is 0. The predicted molar refractivity (Wildman–Crippen MR) is 75.8 cm³/mol. The minimum atomic E-state index is 0.252. The molecule has 0 saturated carbocycles. The van der Waals surface area contributed by atoms with Crippen molar-refractivity contribution in [1.82, 2.24) is 9.97 Å². The Kier molecular flexibility index (Phi) is 3.67. The van der Waals surface area contributed by atoms with Gasteiger partial charge in [-0.05, 0) is 42.8 Å². The van der Waals surface area contributed by atoms with Crippen LogP contribution in [0.15, 0.2) is 30.3 Å². The summed E-state index contributed by atoms with van der Waals surface area (Å²) < 4.78 is 0. The third-order valence-corrected chi connectivity index (χ3v) is 2.65. The van der Waals surface area contributed by atoms with Gasteiger partial charge in [0.05, 0.1) is 0 Å². The van der Waals surface area contributed by atoms with Crippen LogP contribution in [-0.2, 0) is 0 Å². The molecule has 1 N–H and O–H groups in total. The van der Waals surface area contributed by atoms with Gasteiger partial charge in [0.1, 0.15) is 5.82 Å². The first kappa shape index (κ1) is 12.6. The zero-order valence-electron chi connectivity index (χ0n) is 10.6. The van der Waals surface area contributed by atoms with Gasteiger partial charge in [0.15, 0.2) is 0 Å². The number of benzene rings is 1. The Balaban J connectivity index is 2.18. The maximum atomic E-state index is 5.81. The summed E-state index contributed by atoms with van der Waals surface area (Å²) in [6.45, 7) is 1.88. The summed E-state index contributed by atoms with van der Waals surface area (Å²) in [7, 11) is 4.02. The van der Waals surface area contributed by atoms with Crippen molar-refractivity contribution in [3.05, 3.63) is 41.3 Å². The SMILES string of the molecule is Cc1cc(Nc2ccc(N(C)C)cc2)nc(Cl)n1. The van der Waals surface area contributed by atoms with Crippen molar-refractivity contribution in [1.29, 1.82) is 0 Å².